The Kier molecular flexibility index (Phi) is 10.8. The zero-order valence-corrected chi connectivity index (χ0v) is 26.3. The first-order valence-electron chi connectivity index (χ1n) is 13.5. The highest BCUT2D eigenvalue weighted by Gasteiger charge is 2.54. The van der Waals surface area contributed by atoms with Crippen LogP contribution in [-0.4, -0.2) is 53.8 Å². The molecule has 208 valence electrons. The number of thioether (sulfide) groups is 2. The van der Waals surface area contributed by atoms with Gasteiger partial charge in [-0.05, 0) is 33.3 Å². The number of esters is 1. The highest BCUT2D eigenvalue weighted by molar-refractivity contribution is 8.18. The van der Waals surface area contributed by atoms with Crippen molar-refractivity contribution >= 4 is 48.2 Å². The Bertz CT molecular complexity index is 995. The van der Waals surface area contributed by atoms with Crippen LogP contribution < -0.4 is 10.4 Å². The molecule has 0 amide bonds. The SMILES string of the molecule is C=C[C@@H](C)[C@H](O)[C@H](C)C1(C(CO[Si](c2ccccc2)(c2ccccc2)C(C)(C)C)OC(C)=O)SCCCS1. The topological polar surface area (TPSA) is 55.8 Å². The number of carbonyl (C=O) groups is 1. The maximum absolute atomic E-state index is 12.5. The largest absolute Gasteiger partial charge is 0.458 e. The summed E-state index contributed by atoms with van der Waals surface area (Å²) in [6.45, 7) is 16.4. The number of hydrogen-bond donors (Lipinski definition) is 1. The number of aliphatic hydroxyl groups excluding tert-OH is 1. The molecule has 1 fully saturated rings. The normalized spacial score (nSPS) is 19.1. The van der Waals surface area contributed by atoms with Crippen LogP contribution in [0.15, 0.2) is 73.3 Å². The second-order valence-electron chi connectivity index (χ2n) is 11.2. The van der Waals surface area contributed by atoms with Crippen molar-refractivity contribution in [2.45, 2.75) is 69.3 Å². The van der Waals surface area contributed by atoms with E-state index in [1.54, 1.807) is 29.6 Å². The lowest BCUT2D eigenvalue weighted by atomic mass is 9.88. The fraction of sp³-hybridized carbons (Fsp3) is 0.516. The number of hydrogen-bond acceptors (Lipinski definition) is 6. The van der Waals surface area contributed by atoms with E-state index in [0.717, 1.165) is 17.9 Å². The minimum atomic E-state index is -2.84. The van der Waals surface area contributed by atoms with E-state index in [9.17, 15) is 9.90 Å². The summed E-state index contributed by atoms with van der Waals surface area (Å²) in [6.07, 6.45) is 1.74. The lowest BCUT2D eigenvalue weighted by molar-refractivity contribution is -0.149. The average Bonchev–Trinajstić information content (AvgIpc) is 2.92. The van der Waals surface area contributed by atoms with Gasteiger partial charge in [0.15, 0.2) is 0 Å². The predicted molar refractivity (Wildman–Crippen MR) is 166 cm³/mol. The fourth-order valence-electron chi connectivity index (χ4n) is 5.53. The summed E-state index contributed by atoms with van der Waals surface area (Å²) in [5, 5.41) is 13.5. The summed E-state index contributed by atoms with van der Waals surface area (Å²) in [6, 6.07) is 21.0. The lowest BCUT2D eigenvalue weighted by Crippen LogP contribution is -2.68. The van der Waals surface area contributed by atoms with Crippen LogP contribution in [0.5, 0.6) is 0 Å². The van der Waals surface area contributed by atoms with E-state index in [4.69, 9.17) is 9.16 Å². The number of rotatable bonds is 11. The first-order valence-corrected chi connectivity index (χ1v) is 17.4. The predicted octanol–water partition coefficient (Wildman–Crippen LogP) is 5.88. The van der Waals surface area contributed by atoms with Crippen LogP contribution in [0, 0.1) is 11.8 Å². The smallest absolute Gasteiger partial charge is 0.303 e. The lowest BCUT2D eigenvalue weighted by Gasteiger charge is -2.49. The van der Waals surface area contributed by atoms with E-state index in [2.05, 4.69) is 82.8 Å². The van der Waals surface area contributed by atoms with Gasteiger partial charge in [0.2, 0.25) is 0 Å². The molecule has 2 aromatic rings. The average molecular weight is 573 g/mol. The van der Waals surface area contributed by atoms with Gasteiger partial charge in [0.25, 0.3) is 8.32 Å². The molecule has 1 unspecified atom stereocenters. The molecule has 1 saturated heterocycles. The van der Waals surface area contributed by atoms with Gasteiger partial charge >= 0.3 is 5.97 Å². The quantitative estimate of drug-likeness (QED) is 0.206. The number of benzene rings is 2. The molecule has 1 aliphatic heterocycles. The summed E-state index contributed by atoms with van der Waals surface area (Å²) in [4.78, 5) is 12.5. The maximum atomic E-state index is 12.5. The molecule has 0 aliphatic carbocycles. The summed E-state index contributed by atoms with van der Waals surface area (Å²) in [7, 11) is -2.84. The van der Waals surface area contributed by atoms with Gasteiger partial charge in [0, 0.05) is 18.8 Å². The Balaban J connectivity index is 2.12. The van der Waals surface area contributed by atoms with Crippen molar-refractivity contribution in [3.8, 4) is 0 Å². The molecule has 0 radical (unpaired) electrons. The van der Waals surface area contributed by atoms with Crippen molar-refractivity contribution < 1.29 is 19.1 Å². The Morgan fingerprint density at radius 1 is 1.05 bits per heavy atom. The molecule has 4 atom stereocenters. The van der Waals surface area contributed by atoms with Gasteiger partial charge in [-0.25, -0.2) is 0 Å². The van der Waals surface area contributed by atoms with E-state index >= 15 is 0 Å². The minimum Gasteiger partial charge on any atom is -0.458 e. The van der Waals surface area contributed by atoms with Crippen molar-refractivity contribution in [3.63, 3.8) is 0 Å². The Hall–Kier alpha value is -1.51. The molecule has 1 aliphatic rings. The molecule has 1 N–H and O–H groups in total. The Labute approximate surface area is 239 Å². The first kappa shape index (κ1) is 31.0. The number of ether oxygens (including phenoxy) is 1. The Morgan fingerprint density at radius 2 is 1.55 bits per heavy atom. The first-order chi connectivity index (χ1) is 18.0. The van der Waals surface area contributed by atoms with Crippen LogP contribution in [0.4, 0.5) is 0 Å². The zero-order chi connectivity index (χ0) is 28.0. The molecule has 1 heterocycles. The van der Waals surface area contributed by atoms with Gasteiger partial charge in [0.05, 0.1) is 12.7 Å². The van der Waals surface area contributed by atoms with Crippen molar-refractivity contribution in [2.24, 2.45) is 11.8 Å². The molecule has 0 saturated carbocycles. The molecule has 0 bridgehead atoms. The summed E-state index contributed by atoms with van der Waals surface area (Å²) in [5.41, 5.74) is 0. The van der Waals surface area contributed by atoms with Crippen LogP contribution in [0.25, 0.3) is 0 Å². The summed E-state index contributed by atoms with van der Waals surface area (Å²) in [5.74, 6) is 1.33. The maximum Gasteiger partial charge on any atom is 0.303 e. The number of carbonyl (C=O) groups excluding carboxylic acids is 1. The van der Waals surface area contributed by atoms with E-state index in [1.807, 2.05) is 19.1 Å². The van der Waals surface area contributed by atoms with Gasteiger partial charge < -0.3 is 14.3 Å². The minimum absolute atomic E-state index is 0.0828. The molecule has 38 heavy (non-hydrogen) atoms. The monoisotopic (exact) mass is 572 g/mol. The van der Waals surface area contributed by atoms with E-state index in [-0.39, 0.29) is 29.5 Å². The molecule has 0 spiro atoms. The van der Waals surface area contributed by atoms with E-state index < -0.39 is 24.6 Å². The second kappa shape index (κ2) is 13.2. The van der Waals surface area contributed by atoms with Crippen LogP contribution >= 0.6 is 23.5 Å². The van der Waals surface area contributed by atoms with Gasteiger partial charge in [-0.1, -0.05) is 101 Å². The molecule has 4 nitrogen and oxygen atoms in total. The van der Waals surface area contributed by atoms with Gasteiger partial charge in [-0.3, -0.25) is 4.79 Å². The van der Waals surface area contributed by atoms with Crippen LogP contribution in [-0.2, 0) is 14.0 Å². The van der Waals surface area contributed by atoms with Gasteiger partial charge in [-0.2, -0.15) is 0 Å². The summed E-state index contributed by atoms with van der Waals surface area (Å²) >= 11 is 3.60. The molecular weight excluding hydrogens is 529 g/mol. The van der Waals surface area contributed by atoms with Crippen LogP contribution in [0.3, 0.4) is 0 Å². The van der Waals surface area contributed by atoms with Crippen molar-refractivity contribution in [2.75, 3.05) is 18.1 Å². The van der Waals surface area contributed by atoms with Crippen LogP contribution in [0.2, 0.25) is 5.04 Å². The van der Waals surface area contributed by atoms with Crippen LogP contribution in [0.1, 0.15) is 48.0 Å². The third kappa shape index (κ3) is 6.44. The summed E-state index contributed by atoms with van der Waals surface area (Å²) < 4.78 is 12.9. The van der Waals surface area contributed by atoms with Crippen molar-refractivity contribution in [3.05, 3.63) is 73.3 Å². The molecule has 2 aromatic carbocycles. The standard InChI is InChI=1S/C31H44O4S2Si/c1-8-23(2)29(33)24(3)31(36-20-15-21-37-31)28(35-25(4)32)22-34-38(30(5,6)7,26-16-11-9-12-17-26)27-18-13-10-14-19-27/h8-14,16-19,23-24,28-29,33H,1,15,20-22H2,2-7H3/t23-,24+,28?,29+/m1/s1. The molecule has 0 aromatic heterocycles. The van der Waals surface area contributed by atoms with Gasteiger partial charge in [0.1, 0.15) is 10.2 Å². The molecule has 7 heteroatoms. The highest BCUT2D eigenvalue weighted by atomic mass is 32.2. The van der Waals surface area contributed by atoms with Gasteiger partial charge in [-0.15, -0.1) is 30.1 Å². The molecule has 3 rings (SSSR count). The Morgan fingerprint density at radius 3 is 1.97 bits per heavy atom. The second-order valence-corrected chi connectivity index (χ2v) is 18.5. The third-order valence-corrected chi connectivity index (χ3v) is 16.5. The zero-order valence-electron chi connectivity index (χ0n) is 23.7. The highest BCUT2D eigenvalue weighted by Crippen LogP contribution is 2.53. The third-order valence-electron chi connectivity index (χ3n) is 7.63. The van der Waals surface area contributed by atoms with Crippen molar-refractivity contribution in [1.29, 1.82) is 0 Å². The van der Waals surface area contributed by atoms with E-state index in [0.29, 0.717) is 0 Å². The van der Waals surface area contributed by atoms with Crippen molar-refractivity contribution in [1.82, 2.24) is 0 Å². The number of aliphatic hydroxyl groups is 1. The fourth-order valence-corrected chi connectivity index (χ4v) is 13.7. The molecular formula is C31H44O4S2Si. The van der Waals surface area contributed by atoms with E-state index in [1.165, 1.54) is 17.3 Å².